The average molecular weight is 474 g/mol. The van der Waals surface area contributed by atoms with E-state index in [2.05, 4.69) is 22.3 Å². The number of rotatable bonds is 3. The Hall–Kier alpha value is -2.78. The number of thioether (sulfide) groups is 1. The molecule has 2 saturated heterocycles. The molecule has 33 heavy (non-hydrogen) atoms. The number of carbonyl (C=O) groups is 2. The number of hydrogen-bond donors (Lipinski definition) is 3. The van der Waals surface area contributed by atoms with Crippen molar-refractivity contribution in [2.24, 2.45) is 0 Å². The lowest BCUT2D eigenvalue weighted by Gasteiger charge is -2.52. The van der Waals surface area contributed by atoms with E-state index in [1.165, 1.54) is 6.07 Å². The summed E-state index contributed by atoms with van der Waals surface area (Å²) in [5.41, 5.74) is 2.36. The summed E-state index contributed by atoms with van der Waals surface area (Å²) in [7, 11) is 0. The fourth-order valence-electron chi connectivity index (χ4n) is 3.64. The van der Waals surface area contributed by atoms with E-state index in [9.17, 15) is 14.0 Å². The van der Waals surface area contributed by atoms with Crippen molar-refractivity contribution in [2.75, 3.05) is 30.7 Å². The molecule has 1 spiro atoms. The van der Waals surface area contributed by atoms with Crippen LogP contribution in [-0.2, 0) is 4.79 Å². The standard InChI is InChI=1S/C21H23FN4O2S.C2H6.CH3N/c1-13-3-6-18(23-8-13)20(28)25-15-4-5-17(22)16(7-15)19-9-29-21(10-24-19)11-26(12-21)14(2)27;2*1-2/h3-8,19,24H,9-12H2,1-2H3,(H,25,28);1-2H3;2H,1H2. The number of anilines is 1. The second-order valence-corrected chi connectivity index (χ2v) is 9.20. The van der Waals surface area contributed by atoms with Crippen molar-refractivity contribution in [2.45, 2.75) is 38.5 Å². The normalized spacial score (nSPS) is 18.1. The van der Waals surface area contributed by atoms with E-state index >= 15 is 0 Å². The van der Waals surface area contributed by atoms with Crippen molar-refractivity contribution >= 4 is 36.0 Å². The third-order valence-corrected chi connectivity index (χ3v) is 6.92. The zero-order valence-electron chi connectivity index (χ0n) is 19.6. The summed E-state index contributed by atoms with van der Waals surface area (Å²) in [5.74, 6) is 0.172. The minimum atomic E-state index is -0.328. The fourth-order valence-corrected chi connectivity index (χ4v) is 5.14. The molecule has 1 atom stereocenters. The molecule has 2 amide bonds. The molecule has 0 aliphatic carbocycles. The molecule has 3 N–H and O–H groups in total. The molecule has 2 aliphatic heterocycles. The van der Waals surface area contributed by atoms with Crippen molar-refractivity contribution in [3.63, 3.8) is 0 Å². The van der Waals surface area contributed by atoms with Crippen LogP contribution < -0.4 is 10.6 Å². The molecule has 1 aromatic carbocycles. The number of aryl methyl sites for hydroxylation is 1. The van der Waals surface area contributed by atoms with Crippen molar-refractivity contribution < 1.29 is 14.0 Å². The smallest absolute Gasteiger partial charge is 0.274 e. The number of benzene rings is 1. The predicted molar refractivity (Wildman–Crippen MR) is 133 cm³/mol. The summed E-state index contributed by atoms with van der Waals surface area (Å²) >= 11 is 1.78. The third kappa shape index (κ3) is 6.39. The Morgan fingerprint density at radius 2 is 1.97 bits per heavy atom. The van der Waals surface area contributed by atoms with Crippen molar-refractivity contribution in [3.05, 3.63) is 59.2 Å². The summed E-state index contributed by atoms with van der Waals surface area (Å²) in [5, 5.41) is 11.7. The zero-order chi connectivity index (χ0) is 24.6. The molecule has 1 aromatic heterocycles. The summed E-state index contributed by atoms with van der Waals surface area (Å²) in [6, 6.07) is 7.96. The van der Waals surface area contributed by atoms with Crippen molar-refractivity contribution in [1.29, 1.82) is 5.41 Å². The van der Waals surface area contributed by atoms with E-state index in [-0.39, 0.29) is 28.4 Å². The third-order valence-electron chi connectivity index (χ3n) is 5.40. The lowest BCUT2D eigenvalue weighted by atomic mass is 9.97. The van der Waals surface area contributed by atoms with Gasteiger partial charge in [-0.25, -0.2) is 4.39 Å². The fraction of sp³-hybridized carbons (Fsp3) is 0.417. The molecule has 0 radical (unpaired) electrons. The first-order valence-electron chi connectivity index (χ1n) is 10.9. The maximum absolute atomic E-state index is 14.5. The van der Waals surface area contributed by atoms with Crippen molar-refractivity contribution in [1.82, 2.24) is 15.2 Å². The van der Waals surface area contributed by atoms with Gasteiger partial charge in [-0.15, -0.1) is 11.8 Å². The molecule has 3 heterocycles. The van der Waals surface area contributed by atoms with Crippen LogP contribution in [0.2, 0.25) is 0 Å². The Bertz CT molecular complexity index is 954. The molecular weight excluding hydrogens is 441 g/mol. The van der Waals surface area contributed by atoms with Gasteiger partial charge in [-0.1, -0.05) is 19.9 Å². The molecule has 2 aliphatic rings. The molecule has 2 fully saturated rings. The van der Waals surface area contributed by atoms with Gasteiger partial charge in [0.25, 0.3) is 5.91 Å². The highest BCUT2D eigenvalue weighted by atomic mass is 32.2. The average Bonchev–Trinajstić information content (AvgIpc) is 2.82. The summed E-state index contributed by atoms with van der Waals surface area (Å²) in [6.07, 6.45) is 1.64. The van der Waals surface area contributed by atoms with Crippen LogP contribution in [0.1, 0.15) is 48.4 Å². The van der Waals surface area contributed by atoms with Crippen LogP contribution in [0.5, 0.6) is 0 Å². The number of halogens is 1. The first kappa shape index (κ1) is 26.5. The van der Waals surface area contributed by atoms with Gasteiger partial charge in [0.2, 0.25) is 5.91 Å². The van der Waals surface area contributed by atoms with Gasteiger partial charge >= 0.3 is 0 Å². The highest BCUT2D eigenvalue weighted by molar-refractivity contribution is 8.00. The number of aromatic nitrogens is 1. The van der Waals surface area contributed by atoms with Crippen LogP contribution in [-0.4, -0.2) is 58.5 Å². The first-order chi connectivity index (χ1) is 15.8. The second-order valence-electron chi connectivity index (χ2n) is 7.71. The quantitative estimate of drug-likeness (QED) is 0.584. The second kappa shape index (κ2) is 11.9. The number of pyridine rings is 1. The number of likely N-dealkylation sites (tertiary alicyclic amines) is 1. The number of hydrogen-bond acceptors (Lipinski definition) is 6. The van der Waals surface area contributed by atoms with E-state index in [1.54, 1.807) is 43.1 Å². The van der Waals surface area contributed by atoms with E-state index in [4.69, 9.17) is 5.41 Å². The molecule has 7 nitrogen and oxygen atoms in total. The molecule has 2 aromatic rings. The topological polar surface area (TPSA) is 98.2 Å². The van der Waals surface area contributed by atoms with Gasteiger partial charge in [-0.05, 0) is 43.5 Å². The molecule has 1 unspecified atom stereocenters. The van der Waals surface area contributed by atoms with Gasteiger partial charge in [0.05, 0.1) is 4.75 Å². The van der Waals surface area contributed by atoms with E-state index < -0.39 is 0 Å². The summed E-state index contributed by atoms with van der Waals surface area (Å²) in [4.78, 5) is 29.8. The van der Waals surface area contributed by atoms with Gasteiger partial charge in [0, 0.05) is 55.8 Å². The largest absolute Gasteiger partial charge is 0.340 e. The first-order valence-corrected chi connectivity index (χ1v) is 11.9. The number of carbonyl (C=O) groups excluding carboxylic acids is 2. The Balaban J connectivity index is 0.000000914. The predicted octanol–water partition coefficient (Wildman–Crippen LogP) is 4.05. The monoisotopic (exact) mass is 473 g/mol. The van der Waals surface area contributed by atoms with Crippen molar-refractivity contribution in [3.8, 4) is 0 Å². The Morgan fingerprint density at radius 1 is 1.27 bits per heavy atom. The molecular formula is C24H32FN5O2S. The highest BCUT2D eigenvalue weighted by Crippen LogP contribution is 2.41. The SMILES string of the molecule is C=N.CC.CC(=O)N1CC2(CNC(c3cc(NC(=O)c4ccc(C)cn4)ccc3F)CS2)C1. The Kier molecular flexibility index (Phi) is 9.55. The van der Waals surface area contributed by atoms with Gasteiger partial charge in [-0.2, -0.15) is 0 Å². The van der Waals surface area contributed by atoms with Crippen LogP contribution in [0.3, 0.4) is 0 Å². The Labute approximate surface area is 199 Å². The van der Waals surface area contributed by atoms with Gasteiger partial charge in [0.15, 0.2) is 0 Å². The number of amides is 2. The molecule has 9 heteroatoms. The van der Waals surface area contributed by atoms with Crippen LogP contribution in [0.4, 0.5) is 10.1 Å². The zero-order valence-corrected chi connectivity index (χ0v) is 20.4. The molecule has 0 bridgehead atoms. The summed E-state index contributed by atoms with van der Waals surface area (Å²) in [6.45, 7) is 12.2. The Morgan fingerprint density at radius 3 is 2.52 bits per heavy atom. The van der Waals surface area contributed by atoms with Crippen LogP contribution >= 0.6 is 11.8 Å². The minimum Gasteiger partial charge on any atom is -0.340 e. The van der Waals surface area contributed by atoms with Gasteiger partial charge in [-0.3, -0.25) is 14.6 Å². The molecule has 0 saturated carbocycles. The van der Waals surface area contributed by atoms with E-state index in [0.29, 0.717) is 22.7 Å². The van der Waals surface area contributed by atoms with Gasteiger partial charge in [0.1, 0.15) is 11.5 Å². The van der Waals surface area contributed by atoms with E-state index in [1.807, 2.05) is 31.7 Å². The number of nitrogens with zero attached hydrogens (tertiary/aromatic N) is 2. The highest BCUT2D eigenvalue weighted by Gasteiger charge is 2.47. The minimum absolute atomic E-state index is 0.0293. The molecule has 178 valence electrons. The van der Waals surface area contributed by atoms with Gasteiger partial charge < -0.3 is 20.9 Å². The lowest BCUT2D eigenvalue weighted by molar-refractivity contribution is -0.133. The number of nitrogens with one attached hydrogen (secondary N) is 3. The maximum Gasteiger partial charge on any atom is 0.274 e. The molecule has 4 rings (SSSR count). The van der Waals surface area contributed by atoms with Crippen LogP contribution in [0.25, 0.3) is 0 Å². The van der Waals surface area contributed by atoms with E-state index in [0.717, 1.165) is 25.2 Å². The maximum atomic E-state index is 14.5. The lowest BCUT2D eigenvalue weighted by Crippen LogP contribution is -2.67. The van der Waals surface area contributed by atoms with Crippen LogP contribution in [0.15, 0.2) is 36.5 Å². The summed E-state index contributed by atoms with van der Waals surface area (Å²) < 4.78 is 14.5. The van der Waals surface area contributed by atoms with Crippen LogP contribution in [0, 0.1) is 18.2 Å².